The minimum absolute atomic E-state index is 1.09. The highest BCUT2D eigenvalue weighted by Crippen LogP contribution is 2.14. The van der Waals surface area contributed by atoms with E-state index in [-0.39, 0.29) is 0 Å². The van der Waals surface area contributed by atoms with Gasteiger partial charge in [0.05, 0.1) is 0 Å². The van der Waals surface area contributed by atoms with Crippen LogP contribution in [0, 0.1) is 0 Å². The van der Waals surface area contributed by atoms with E-state index in [0.717, 1.165) is 19.5 Å². The van der Waals surface area contributed by atoms with E-state index in [1.165, 1.54) is 49.3 Å². The Morgan fingerprint density at radius 1 is 0.818 bits per heavy atom. The molecule has 2 nitrogen and oxygen atoms in total. The van der Waals surface area contributed by atoms with Gasteiger partial charge in [0.15, 0.2) is 0 Å². The van der Waals surface area contributed by atoms with Crippen LogP contribution in [0.25, 0.3) is 0 Å². The Morgan fingerprint density at radius 3 is 2.05 bits per heavy atom. The SMILES string of the molecule is CCc1ccc(CN2CCCN(Cc3ccsc3)CC2)cc1. The smallest absolute Gasteiger partial charge is 0.0242 e. The van der Waals surface area contributed by atoms with Gasteiger partial charge in [-0.25, -0.2) is 0 Å². The Labute approximate surface area is 138 Å². The lowest BCUT2D eigenvalue weighted by Crippen LogP contribution is -2.30. The van der Waals surface area contributed by atoms with Gasteiger partial charge in [-0.2, -0.15) is 11.3 Å². The maximum Gasteiger partial charge on any atom is 0.0242 e. The molecule has 0 atom stereocenters. The molecule has 0 unspecified atom stereocenters. The molecule has 0 bridgehead atoms. The van der Waals surface area contributed by atoms with Crippen molar-refractivity contribution in [3.05, 3.63) is 57.8 Å². The van der Waals surface area contributed by atoms with Crippen LogP contribution in [0.1, 0.15) is 30.0 Å². The van der Waals surface area contributed by atoms with Crippen LogP contribution in [0.3, 0.4) is 0 Å². The van der Waals surface area contributed by atoms with Crippen LogP contribution in [-0.4, -0.2) is 36.0 Å². The Balaban J connectivity index is 1.51. The summed E-state index contributed by atoms with van der Waals surface area (Å²) in [5.41, 5.74) is 4.35. The molecule has 0 aliphatic carbocycles. The van der Waals surface area contributed by atoms with Gasteiger partial charge in [0.1, 0.15) is 0 Å². The van der Waals surface area contributed by atoms with Crippen molar-refractivity contribution >= 4 is 11.3 Å². The zero-order chi connectivity index (χ0) is 15.2. The molecule has 118 valence electrons. The third kappa shape index (κ3) is 4.42. The van der Waals surface area contributed by atoms with Crippen LogP contribution in [0.2, 0.25) is 0 Å². The molecule has 1 aromatic carbocycles. The highest BCUT2D eigenvalue weighted by molar-refractivity contribution is 7.07. The molecular weight excluding hydrogens is 288 g/mol. The van der Waals surface area contributed by atoms with Gasteiger partial charge in [-0.05, 0) is 59.4 Å². The van der Waals surface area contributed by atoms with Crippen molar-refractivity contribution in [3.8, 4) is 0 Å². The van der Waals surface area contributed by atoms with Crippen molar-refractivity contribution in [3.63, 3.8) is 0 Å². The largest absolute Gasteiger partial charge is 0.298 e. The normalized spacial score (nSPS) is 17.5. The van der Waals surface area contributed by atoms with Gasteiger partial charge in [0, 0.05) is 26.2 Å². The van der Waals surface area contributed by atoms with Gasteiger partial charge in [-0.1, -0.05) is 31.2 Å². The minimum atomic E-state index is 1.09. The first-order chi connectivity index (χ1) is 10.8. The number of rotatable bonds is 5. The summed E-state index contributed by atoms with van der Waals surface area (Å²) in [5, 5.41) is 4.46. The van der Waals surface area contributed by atoms with Gasteiger partial charge >= 0.3 is 0 Å². The Kier molecular flexibility index (Phi) is 5.65. The molecule has 22 heavy (non-hydrogen) atoms. The average molecular weight is 314 g/mol. The fourth-order valence-corrected chi connectivity index (χ4v) is 3.78. The maximum absolute atomic E-state index is 2.61. The highest BCUT2D eigenvalue weighted by atomic mass is 32.1. The summed E-state index contributed by atoms with van der Waals surface area (Å²) in [6.45, 7) is 9.23. The summed E-state index contributed by atoms with van der Waals surface area (Å²) < 4.78 is 0. The van der Waals surface area contributed by atoms with Crippen LogP contribution >= 0.6 is 11.3 Å². The van der Waals surface area contributed by atoms with Crippen molar-refractivity contribution in [1.82, 2.24) is 9.80 Å². The zero-order valence-electron chi connectivity index (χ0n) is 13.5. The lowest BCUT2D eigenvalue weighted by Gasteiger charge is -2.21. The quantitative estimate of drug-likeness (QED) is 0.822. The molecule has 0 radical (unpaired) electrons. The van der Waals surface area contributed by atoms with Crippen LogP contribution in [0.4, 0.5) is 0 Å². The fraction of sp³-hybridized carbons (Fsp3) is 0.474. The molecular formula is C19H26N2S. The number of benzene rings is 1. The fourth-order valence-electron chi connectivity index (χ4n) is 3.12. The van der Waals surface area contributed by atoms with Crippen LogP contribution in [-0.2, 0) is 19.5 Å². The second kappa shape index (κ2) is 7.91. The molecule has 3 heteroatoms. The topological polar surface area (TPSA) is 6.48 Å². The van der Waals surface area contributed by atoms with Crippen LogP contribution < -0.4 is 0 Å². The summed E-state index contributed by atoms with van der Waals surface area (Å²) in [6, 6.07) is 11.4. The van der Waals surface area contributed by atoms with Gasteiger partial charge in [-0.15, -0.1) is 0 Å². The second-order valence-corrected chi connectivity index (χ2v) is 6.99. The van der Waals surface area contributed by atoms with Gasteiger partial charge in [0.25, 0.3) is 0 Å². The van der Waals surface area contributed by atoms with E-state index in [4.69, 9.17) is 0 Å². The van der Waals surface area contributed by atoms with E-state index in [1.54, 1.807) is 11.3 Å². The second-order valence-electron chi connectivity index (χ2n) is 6.21. The van der Waals surface area contributed by atoms with Crippen molar-refractivity contribution in [2.45, 2.75) is 32.9 Å². The molecule has 3 rings (SSSR count). The van der Waals surface area contributed by atoms with E-state index >= 15 is 0 Å². The molecule has 0 N–H and O–H groups in total. The number of hydrogen-bond acceptors (Lipinski definition) is 3. The lowest BCUT2D eigenvalue weighted by atomic mass is 10.1. The van der Waals surface area contributed by atoms with E-state index < -0.39 is 0 Å². The monoisotopic (exact) mass is 314 g/mol. The molecule has 1 aliphatic rings. The first-order valence-electron chi connectivity index (χ1n) is 8.37. The summed E-state index contributed by atoms with van der Waals surface area (Å²) >= 11 is 1.80. The standard InChI is InChI=1S/C19H26N2S/c1-2-17-4-6-18(7-5-17)14-20-9-3-10-21(12-11-20)15-19-8-13-22-16-19/h4-8,13,16H,2-3,9-12,14-15H2,1H3. The Bertz CT molecular complexity index is 547. The van der Waals surface area contributed by atoms with Crippen molar-refractivity contribution in [2.75, 3.05) is 26.2 Å². The molecule has 1 aliphatic heterocycles. The Morgan fingerprint density at radius 2 is 1.45 bits per heavy atom. The van der Waals surface area contributed by atoms with Gasteiger partial charge in [0.2, 0.25) is 0 Å². The maximum atomic E-state index is 2.61. The van der Waals surface area contributed by atoms with Crippen molar-refractivity contribution in [1.29, 1.82) is 0 Å². The predicted octanol–water partition coefficient (Wildman–Crippen LogP) is 4.02. The molecule has 2 heterocycles. The summed E-state index contributed by atoms with van der Waals surface area (Å²) in [5.74, 6) is 0. The third-order valence-corrected chi connectivity index (χ3v) is 5.24. The first-order valence-corrected chi connectivity index (χ1v) is 9.31. The van der Waals surface area contributed by atoms with Crippen LogP contribution in [0.5, 0.6) is 0 Å². The molecule has 0 amide bonds. The number of aryl methyl sites for hydroxylation is 1. The van der Waals surface area contributed by atoms with E-state index in [0.29, 0.717) is 0 Å². The summed E-state index contributed by atoms with van der Waals surface area (Å²) in [4.78, 5) is 5.21. The molecule has 0 saturated carbocycles. The van der Waals surface area contributed by atoms with Crippen molar-refractivity contribution in [2.24, 2.45) is 0 Å². The Hall–Kier alpha value is -1.16. The van der Waals surface area contributed by atoms with Gasteiger partial charge in [-0.3, -0.25) is 9.80 Å². The van der Waals surface area contributed by atoms with E-state index in [9.17, 15) is 0 Å². The van der Waals surface area contributed by atoms with E-state index in [1.807, 2.05) is 0 Å². The summed E-state index contributed by atoms with van der Waals surface area (Å²) in [6.07, 6.45) is 2.40. The molecule has 1 saturated heterocycles. The van der Waals surface area contributed by atoms with Gasteiger partial charge < -0.3 is 0 Å². The molecule has 2 aromatic rings. The number of nitrogens with zero attached hydrogens (tertiary/aromatic N) is 2. The van der Waals surface area contributed by atoms with E-state index in [2.05, 4.69) is 57.8 Å². The number of hydrogen-bond donors (Lipinski definition) is 0. The minimum Gasteiger partial charge on any atom is -0.298 e. The third-order valence-electron chi connectivity index (χ3n) is 4.50. The first kappa shape index (κ1) is 15.7. The van der Waals surface area contributed by atoms with Crippen LogP contribution in [0.15, 0.2) is 41.1 Å². The van der Waals surface area contributed by atoms with Crippen molar-refractivity contribution < 1.29 is 0 Å². The summed E-state index contributed by atoms with van der Waals surface area (Å²) in [7, 11) is 0. The molecule has 0 spiro atoms. The highest BCUT2D eigenvalue weighted by Gasteiger charge is 2.15. The lowest BCUT2D eigenvalue weighted by molar-refractivity contribution is 0.247. The zero-order valence-corrected chi connectivity index (χ0v) is 14.3. The molecule has 1 fully saturated rings. The molecule has 1 aromatic heterocycles. The number of thiophene rings is 1. The average Bonchev–Trinajstić information content (AvgIpc) is 2.96. The predicted molar refractivity (Wildman–Crippen MR) is 95.3 cm³/mol.